The summed E-state index contributed by atoms with van der Waals surface area (Å²) in [6, 6.07) is 54.1. The molecular weight excluding hydrogens is 534 g/mol. The quantitative estimate of drug-likeness (QED) is 0.194. The van der Waals surface area contributed by atoms with Crippen molar-refractivity contribution in [3.63, 3.8) is 0 Å². The average molecular weight is 568 g/mol. The van der Waals surface area contributed by atoms with E-state index in [2.05, 4.69) is 120 Å². The van der Waals surface area contributed by atoms with Crippen LogP contribution in [0.5, 0.6) is 0 Å². The van der Waals surface area contributed by atoms with Gasteiger partial charge in [-0.05, 0) is 60.7 Å². The molecule has 0 aliphatic heterocycles. The number of fused-ring (bicyclic) bond motifs is 3. The van der Waals surface area contributed by atoms with Crippen LogP contribution >= 0.6 is 0 Å². The first kappa shape index (κ1) is 28.3. The first-order valence-electron chi connectivity index (χ1n) is 14.7. The van der Waals surface area contributed by atoms with Crippen molar-refractivity contribution in [1.29, 1.82) is 5.41 Å². The van der Waals surface area contributed by atoms with Gasteiger partial charge in [-0.15, -0.1) is 0 Å². The second-order valence-corrected chi connectivity index (χ2v) is 10.6. The topological polar surface area (TPSA) is 41.1 Å². The van der Waals surface area contributed by atoms with Crippen LogP contribution in [0.15, 0.2) is 169 Å². The number of para-hydroxylation sites is 2. The molecule has 1 heterocycles. The summed E-state index contributed by atoms with van der Waals surface area (Å²) in [4.78, 5) is 3.99. The van der Waals surface area contributed by atoms with Crippen LogP contribution in [0, 0.1) is 12.3 Å². The van der Waals surface area contributed by atoms with E-state index in [1.165, 1.54) is 44.2 Å². The molecule has 3 heteroatoms. The zero-order chi connectivity index (χ0) is 30.3. The van der Waals surface area contributed by atoms with Gasteiger partial charge in [0.2, 0.25) is 0 Å². The van der Waals surface area contributed by atoms with Crippen molar-refractivity contribution in [2.45, 2.75) is 6.92 Å². The van der Waals surface area contributed by atoms with E-state index in [1.807, 2.05) is 60.7 Å². The normalized spacial score (nSPS) is 11.2. The molecule has 0 radical (unpaired) electrons. The largest absolute Gasteiger partial charge is 0.309 e. The fourth-order valence-corrected chi connectivity index (χ4v) is 5.50. The van der Waals surface area contributed by atoms with E-state index in [1.54, 1.807) is 6.08 Å². The van der Waals surface area contributed by atoms with Gasteiger partial charge in [-0.2, -0.15) is 0 Å². The number of nitrogens with zero attached hydrogens (tertiary/aromatic N) is 2. The molecule has 0 spiro atoms. The third kappa shape index (κ3) is 6.04. The number of rotatable bonds is 6. The van der Waals surface area contributed by atoms with Crippen molar-refractivity contribution >= 4 is 39.9 Å². The van der Waals surface area contributed by atoms with Gasteiger partial charge in [0.1, 0.15) is 0 Å². The van der Waals surface area contributed by atoms with Gasteiger partial charge in [0.05, 0.1) is 22.4 Å². The van der Waals surface area contributed by atoms with Crippen molar-refractivity contribution < 1.29 is 0 Å². The molecule has 3 nitrogen and oxygen atoms in total. The molecule has 1 aromatic heterocycles. The third-order valence-electron chi connectivity index (χ3n) is 7.66. The van der Waals surface area contributed by atoms with Gasteiger partial charge in [-0.1, -0.05) is 139 Å². The van der Waals surface area contributed by atoms with E-state index < -0.39 is 0 Å². The highest BCUT2D eigenvalue weighted by Crippen LogP contribution is 2.32. The zero-order valence-electron chi connectivity index (χ0n) is 24.7. The highest BCUT2D eigenvalue weighted by Gasteiger charge is 2.11. The minimum atomic E-state index is 0.432. The van der Waals surface area contributed by atoms with E-state index in [9.17, 15) is 0 Å². The maximum atomic E-state index is 8.05. The number of benzene rings is 6. The number of nitrogens with one attached hydrogen (secondary N) is 1. The minimum Gasteiger partial charge on any atom is -0.309 e. The molecule has 0 unspecified atom stereocenters. The van der Waals surface area contributed by atoms with Gasteiger partial charge in [0.25, 0.3) is 0 Å². The van der Waals surface area contributed by atoms with E-state index >= 15 is 0 Å². The number of hydrogen-bond acceptors (Lipinski definition) is 2. The molecule has 7 aromatic rings. The summed E-state index contributed by atoms with van der Waals surface area (Å²) in [5, 5.41) is 10.6. The maximum absolute atomic E-state index is 8.05. The van der Waals surface area contributed by atoms with Crippen molar-refractivity contribution in [3.05, 3.63) is 180 Å². The molecular formula is C41H33N3. The third-order valence-corrected chi connectivity index (χ3v) is 7.66. The Morgan fingerprint density at radius 3 is 1.70 bits per heavy atom. The Hall–Kier alpha value is -5.80. The Morgan fingerprint density at radius 2 is 1.14 bits per heavy atom. The summed E-state index contributed by atoms with van der Waals surface area (Å²) in [6.45, 7) is 5.70. The van der Waals surface area contributed by atoms with Gasteiger partial charge in [0, 0.05) is 22.0 Å². The minimum absolute atomic E-state index is 0.432. The maximum Gasteiger partial charge on any atom is 0.0716 e. The molecule has 44 heavy (non-hydrogen) atoms. The molecule has 6 aromatic carbocycles. The fraction of sp³-hybridized carbons (Fsp3) is 0.0244. The second kappa shape index (κ2) is 13.0. The number of allylic oxidation sites excluding steroid dienone is 1. The summed E-state index contributed by atoms with van der Waals surface area (Å²) in [7, 11) is 0. The lowest BCUT2D eigenvalue weighted by atomic mass is 10.0. The Balaban J connectivity index is 0.000000168. The van der Waals surface area contributed by atoms with Crippen molar-refractivity contribution in [2.24, 2.45) is 4.99 Å². The molecule has 0 atom stereocenters. The number of aryl methyl sites for hydroxylation is 1. The summed E-state index contributed by atoms with van der Waals surface area (Å²) in [5.74, 6) is 0. The predicted molar refractivity (Wildman–Crippen MR) is 188 cm³/mol. The van der Waals surface area contributed by atoms with Crippen LogP contribution in [0.2, 0.25) is 0 Å². The summed E-state index contributed by atoms with van der Waals surface area (Å²) in [5.41, 5.74) is 10.5. The molecule has 0 amide bonds. The van der Waals surface area contributed by atoms with Crippen molar-refractivity contribution in [3.8, 4) is 16.8 Å². The van der Waals surface area contributed by atoms with Crippen LogP contribution in [0.25, 0.3) is 44.3 Å². The number of hydrogen-bond donors (Lipinski definition) is 1. The highest BCUT2D eigenvalue weighted by molar-refractivity contribution is 6.10. The zero-order valence-corrected chi connectivity index (χ0v) is 24.7. The van der Waals surface area contributed by atoms with E-state index in [-0.39, 0.29) is 0 Å². The van der Waals surface area contributed by atoms with Gasteiger partial charge in [0.15, 0.2) is 0 Å². The van der Waals surface area contributed by atoms with E-state index in [0.29, 0.717) is 11.4 Å². The molecule has 7 rings (SSSR count). The molecule has 0 aliphatic rings. The monoisotopic (exact) mass is 567 g/mol. The molecule has 0 saturated carbocycles. The molecule has 0 fully saturated rings. The van der Waals surface area contributed by atoms with Crippen molar-refractivity contribution in [1.82, 2.24) is 4.57 Å². The van der Waals surface area contributed by atoms with Crippen LogP contribution < -0.4 is 0 Å². The first-order chi connectivity index (χ1) is 21.6. The number of aromatic nitrogens is 1. The van der Waals surface area contributed by atoms with Crippen LogP contribution in [0.3, 0.4) is 0 Å². The van der Waals surface area contributed by atoms with Crippen LogP contribution in [-0.2, 0) is 0 Å². The van der Waals surface area contributed by atoms with Gasteiger partial charge >= 0.3 is 0 Å². The highest BCUT2D eigenvalue weighted by atomic mass is 15.0. The van der Waals surface area contributed by atoms with Crippen molar-refractivity contribution in [2.75, 3.05) is 0 Å². The number of aliphatic imine (C=N–C) groups is 1. The Morgan fingerprint density at radius 1 is 0.591 bits per heavy atom. The lowest BCUT2D eigenvalue weighted by molar-refractivity contribution is 1.18. The molecule has 0 aliphatic carbocycles. The van der Waals surface area contributed by atoms with Crippen LogP contribution in [0.1, 0.15) is 16.7 Å². The summed E-state index contributed by atoms with van der Waals surface area (Å²) >= 11 is 0. The SMILES string of the molecule is C=N/C(=C\C(=N)c1ccccc1)c1ccccc1.Cc1cccc(-c2ccc(-n3c4ccccc4c4ccccc43)cc2)c1. The summed E-state index contributed by atoms with van der Waals surface area (Å²) in [6.07, 6.45) is 1.73. The molecule has 0 bridgehead atoms. The van der Waals surface area contributed by atoms with Crippen LogP contribution in [-0.4, -0.2) is 17.0 Å². The molecule has 212 valence electrons. The molecule has 0 saturated heterocycles. The lowest BCUT2D eigenvalue weighted by Gasteiger charge is -2.09. The van der Waals surface area contributed by atoms with Gasteiger partial charge < -0.3 is 9.98 Å². The summed E-state index contributed by atoms with van der Waals surface area (Å²) < 4.78 is 2.35. The Labute approximate surface area is 258 Å². The predicted octanol–water partition coefficient (Wildman–Crippen LogP) is 10.6. The fourth-order valence-electron chi connectivity index (χ4n) is 5.50. The smallest absolute Gasteiger partial charge is 0.0716 e. The first-order valence-corrected chi connectivity index (χ1v) is 14.7. The van der Waals surface area contributed by atoms with Gasteiger partial charge in [-0.3, -0.25) is 4.99 Å². The van der Waals surface area contributed by atoms with Crippen LogP contribution in [0.4, 0.5) is 0 Å². The Kier molecular flexibility index (Phi) is 8.38. The average Bonchev–Trinajstić information content (AvgIpc) is 3.43. The van der Waals surface area contributed by atoms with E-state index in [0.717, 1.165) is 11.1 Å². The molecule has 1 N–H and O–H groups in total. The lowest BCUT2D eigenvalue weighted by Crippen LogP contribution is -1.95. The van der Waals surface area contributed by atoms with Gasteiger partial charge in [-0.25, -0.2) is 0 Å². The second-order valence-electron chi connectivity index (χ2n) is 10.6. The van der Waals surface area contributed by atoms with E-state index in [4.69, 9.17) is 5.41 Å². The standard InChI is InChI=1S/C25H19N.C16H14N2/c1-18-7-6-8-20(17-18)19-13-15-21(16-14-19)26-24-11-4-2-9-22(24)23-10-3-5-12-25(23)26;1-18-16(14-10-6-3-7-11-14)12-15(17)13-8-4-2-5-9-13/h2-17H,1H3;2-12,17H,1H2/b;16-12-,17-15?. The Bertz CT molecular complexity index is 2030.